The topological polar surface area (TPSA) is 70.1 Å². The molecule has 0 saturated carbocycles. The van der Waals surface area contributed by atoms with Crippen molar-refractivity contribution in [2.45, 2.75) is 70.2 Å². The summed E-state index contributed by atoms with van der Waals surface area (Å²) >= 11 is 0. The number of hydrogen-bond donors (Lipinski definition) is 1. The average molecular weight is 362 g/mol. The maximum atomic E-state index is 12.5. The summed E-state index contributed by atoms with van der Waals surface area (Å²) in [5.41, 5.74) is 0.657. The molecule has 6 nitrogen and oxygen atoms in total. The second-order valence-corrected chi connectivity index (χ2v) is 8.49. The van der Waals surface area contributed by atoms with E-state index in [2.05, 4.69) is 4.90 Å². The number of esters is 1. The minimum Gasteiger partial charge on any atom is -0.459 e. The number of amides is 1. The van der Waals surface area contributed by atoms with Crippen molar-refractivity contribution in [1.82, 2.24) is 9.80 Å². The summed E-state index contributed by atoms with van der Waals surface area (Å²) in [6, 6.07) is 0.674. The fraction of sp³-hybridized carbons (Fsp3) is 0.800. The van der Waals surface area contributed by atoms with Crippen LogP contribution >= 0.6 is 0 Å². The van der Waals surface area contributed by atoms with Crippen LogP contribution in [0.15, 0.2) is 11.6 Å². The second-order valence-electron chi connectivity index (χ2n) is 8.49. The zero-order valence-electron chi connectivity index (χ0n) is 15.8. The van der Waals surface area contributed by atoms with Crippen LogP contribution < -0.4 is 0 Å². The van der Waals surface area contributed by atoms with E-state index in [4.69, 9.17) is 4.74 Å². The molecule has 6 atom stereocenters. The van der Waals surface area contributed by atoms with Gasteiger partial charge in [0.15, 0.2) is 0 Å². The lowest BCUT2D eigenvalue weighted by Crippen LogP contribution is -2.66. The Kier molecular flexibility index (Phi) is 4.82. The SMILES string of the molecule is C/C=C(\C)C(=O)O[C@H]1CCN2C[C@@H]3C[C@H](CN4C(=O)[C@@H](O)CC[C@H]34)[C@@H]2C1. The zero-order chi connectivity index (χ0) is 18.4. The van der Waals surface area contributed by atoms with Gasteiger partial charge in [-0.05, 0) is 51.4 Å². The van der Waals surface area contributed by atoms with Gasteiger partial charge in [-0.15, -0.1) is 0 Å². The van der Waals surface area contributed by atoms with Crippen molar-refractivity contribution in [3.63, 3.8) is 0 Å². The molecule has 0 aliphatic carbocycles. The van der Waals surface area contributed by atoms with E-state index in [1.54, 1.807) is 13.0 Å². The average Bonchev–Trinajstić information content (AvgIpc) is 2.65. The summed E-state index contributed by atoms with van der Waals surface area (Å²) in [4.78, 5) is 29.1. The number of rotatable bonds is 2. The van der Waals surface area contributed by atoms with Crippen LogP contribution in [0, 0.1) is 11.8 Å². The Morgan fingerprint density at radius 2 is 1.92 bits per heavy atom. The Hall–Kier alpha value is -1.40. The van der Waals surface area contributed by atoms with E-state index < -0.39 is 6.10 Å². The van der Waals surface area contributed by atoms with Gasteiger partial charge in [-0.1, -0.05) is 6.08 Å². The number of hydrogen-bond acceptors (Lipinski definition) is 5. The first kappa shape index (κ1) is 18.0. The van der Waals surface area contributed by atoms with E-state index in [0.29, 0.717) is 35.9 Å². The molecule has 0 spiro atoms. The summed E-state index contributed by atoms with van der Waals surface area (Å²) in [5.74, 6) is 0.652. The van der Waals surface area contributed by atoms with Crippen molar-refractivity contribution >= 4 is 11.9 Å². The lowest BCUT2D eigenvalue weighted by molar-refractivity contribution is -0.164. The third-order valence-electron chi connectivity index (χ3n) is 7.04. The molecule has 4 aliphatic rings. The molecule has 26 heavy (non-hydrogen) atoms. The van der Waals surface area contributed by atoms with E-state index in [1.807, 2.05) is 11.8 Å². The molecule has 1 N–H and O–H groups in total. The van der Waals surface area contributed by atoms with Gasteiger partial charge in [-0.25, -0.2) is 4.79 Å². The van der Waals surface area contributed by atoms with Crippen molar-refractivity contribution < 1.29 is 19.4 Å². The number of piperidine rings is 4. The van der Waals surface area contributed by atoms with Gasteiger partial charge < -0.3 is 14.7 Å². The molecule has 2 bridgehead atoms. The highest BCUT2D eigenvalue weighted by atomic mass is 16.5. The predicted octanol–water partition coefficient (Wildman–Crippen LogP) is 1.33. The molecule has 0 unspecified atom stereocenters. The fourth-order valence-corrected chi connectivity index (χ4v) is 5.53. The lowest BCUT2D eigenvalue weighted by Gasteiger charge is -2.57. The lowest BCUT2D eigenvalue weighted by atomic mass is 9.70. The van der Waals surface area contributed by atoms with Crippen LogP contribution in [0.1, 0.15) is 46.0 Å². The maximum Gasteiger partial charge on any atom is 0.333 e. The summed E-state index contributed by atoms with van der Waals surface area (Å²) in [6.07, 6.45) is 5.37. The molecule has 0 aromatic heterocycles. The quantitative estimate of drug-likeness (QED) is 0.593. The Bertz CT molecular complexity index is 619. The Morgan fingerprint density at radius 1 is 1.15 bits per heavy atom. The number of ether oxygens (including phenoxy) is 1. The first-order valence-electron chi connectivity index (χ1n) is 10.0. The number of carbonyl (C=O) groups excluding carboxylic acids is 2. The first-order chi connectivity index (χ1) is 12.5. The molecule has 4 aliphatic heterocycles. The monoisotopic (exact) mass is 362 g/mol. The Balaban J connectivity index is 1.45. The molecule has 4 heterocycles. The summed E-state index contributed by atoms with van der Waals surface area (Å²) < 4.78 is 5.72. The smallest absolute Gasteiger partial charge is 0.333 e. The van der Waals surface area contributed by atoms with Crippen LogP contribution in [-0.4, -0.2) is 70.7 Å². The number of carbonyl (C=O) groups is 2. The van der Waals surface area contributed by atoms with Gasteiger partial charge in [-0.3, -0.25) is 9.69 Å². The van der Waals surface area contributed by atoms with Crippen LogP contribution in [0.2, 0.25) is 0 Å². The van der Waals surface area contributed by atoms with Crippen molar-refractivity contribution in [3.8, 4) is 0 Å². The highest BCUT2D eigenvalue weighted by Crippen LogP contribution is 2.43. The largest absolute Gasteiger partial charge is 0.459 e. The molecule has 0 aromatic rings. The van der Waals surface area contributed by atoms with Gasteiger partial charge in [0, 0.05) is 43.7 Å². The molecule has 1 amide bonds. The summed E-state index contributed by atoms with van der Waals surface area (Å²) in [5, 5.41) is 9.96. The predicted molar refractivity (Wildman–Crippen MR) is 96.2 cm³/mol. The molecule has 4 saturated heterocycles. The Labute approximate surface area is 155 Å². The zero-order valence-corrected chi connectivity index (χ0v) is 15.8. The van der Waals surface area contributed by atoms with Crippen LogP contribution in [-0.2, 0) is 14.3 Å². The number of nitrogens with zero attached hydrogens (tertiary/aromatic N) is 2. The van der Waals surface area contributed by atoms with Gasteiger partial charge in [0.2, 0.25) is 0 Å². The van der Waals surface area contributed by atoms with Gasteiger partial charge >= 0.3 is 5.97 Å². The van der Waals surface area contributed by atoms with Crippen molar-refractivity contribution in [3.05, 3.63) is 11.6 Å². The molecular formula is C20H30N2O4. The number of allylic oxidation sites excluding steroid dienone is 1. The van der Waals surface area contributed by atoms with Crippen LogP contribution in [0.25, 0.3) is 0 Å². The van der Waals surface area contributed by atoms with Gasteiger partial charge in [-0.2, -0.15) is 0 Å². The third kappa shape index (κ3) is 3.07. The van der Waals surface area contributed by atoms with Gasteiger partial charge in [0.1, 0.15) is 12.2 Å². The van der Waals surface area contributed by atoms with Gasteiger partial charge in [0.05, 0.1) is 0 Å². The highest BCUT2D eigenvalue weighted by Gasteiger charge is 2.50. The van der Waals surface area contributed by atoms with Gasteiger partial charge in [0.25, 0.3) is 5.91 Å². The number of aliphatic hydroxyl groups is 1. The molecule has 4 fully saturated rings. The van der Waals surface area contributed by atoms with Crippen LogP contribution in [0.4, 0.5) is 0 Å². The molecule has 0 aromatic carbocycles. The van der Waals surface area contributed by atoms with E-state index in [9.17, 15) is 14.7 Å². The highest BCUT2D eigenvalue weighted by molar-refractivity contribution is 5.87. The normalized spacial score (nSPS) is 40.7. The molecular weight excluding hydrogens is 332 g/mol. The minimum atomic E-state index is -0.815. The number of aliphatic hydroxyl groups excluding tert-OH is 1. The van der Waals surface area contributed by atoms with E-state index in [1.165, 1.54) is 0 Å². The molecule has 144 valence electrons. The second kappa shape index (κ2) is 6.97. The van der Waals surface area contributed by atoms with E-state index >= 15 is 0 Å². The third-order valence-corrected chi connectivity index (χ3v) is 7.04. The van der Waals surface area contributed by atoms with E-state index in [0.717, 1.165) is 45.3 Å². The Morgan fingerprint density at radius 3 is 2.69 bits per heavy atom. The van der Waals surface area contributed by atoms with Crippen molar-refractivity contribution in [2.24, 2.45) is 11.8 Å². The number of fused-ring (bicyclic) bond motifs is 6. The molecule has 6 heteroatoms. The summed E-state index contributed by atoms with van der Waals surface area (Å²) in [7, 11) is 0. The first-order valence-corrected chi connectivity index (χ1v) is 10.0. The van der Waals surface area contributed by atoms with E-state index in [-0.39, 0.29) is 18.0 Å². The van der Waals surface area contributed by atoms with Crippen LogP contribution in [0.3, 0.4) is 0 Å². The van der Waals surface area contributed by atoms with Crippen LogP contribution in [0.5, 0.6) is 0 Å². The molecule has 4 rings (SSSR count). The molecule has 0 radical (unpaired) electrons. The minimum absolute atomic E-state index is 0.0319. The van der Waals surface area contributed by atoms with Crippen molar-refractivity contribution in [1.29, 1.82) is 0 Å². The fourth-order valence-electron chi connectivity index (χ4n) is 5.53. The summed E-state index contributed by atoms with van der Waals surface area (Å²) in [6.45, 7) is 6.38. The van der Waals surface area contributed by atoms with Crippen molar-refractivity contribution in [2.75, 3.05) is 19.6 Å². The maximum absolute atomic E-state index is 12.5. The standard InChI is InChI=1S/C20H30N2O4/c1-3-12(2)20(25)26-15-6-7-21-10-13-8-14(17(21)9-15)11-22-16(13)4-5-18(23)19(22)24/h3,13-18,23H,4-11H2,1-2H3/b12-3+/t13-,14+,15-,16+,17-,18-/m0/s1.